The highest BCUT2D eigenvalue weighted by Crippen LogP contribution is 2.45. The molecule has 0 spiro atoms. The van der Waals surface area contributed by atoms with Gasteiger partial charge in [-0.1, -0.05) is 24.3 Å². The molecule has 1 amide bonds. The maximum atomic E-state index is 13.8. The van der Waals surface area contributed by atoms with Gasteiger partial charge >= 0.3 is 0 Å². The van der Waals surface area contributed by atoms with Gasteiger partial charge in [-0.05, 0) is 79.8 Å². The van der Waals surface area contributed by atoms with Crippen LogP contribution in [0.15, 0.2) is 54.6 Å². The molecule has 2 heterocycles. The number of nitrogens with one attached hydrogen (secondary N) is 1. The number of carbonyl (C=O) groups excluding carboxylic acids is 1. The Kier molecular flexibility index (Phi) is 7.19. The quantitative estimate of drug-likeness (QED) is 0.294. The summed E-state index contributed by atoms with van der Waals surface area (Å²) >= 11 is 0. The number of benzene rings is 3. The number of hydrogen-bond donors (Lipinski definition) is 2. The Balaban J connectivity index is 1.56. The number of phenols is 1. The highest BCUT2D eigenvalue weighted by molar-refractivity contribution is 6.00. The van der Waals surface area contributed by atoms with Gasteiger partial charge in [-0.25, -0.2) is 0 Å². The van der Waals surface area contributed by atoms with Crippen LogP contribution in [-0.4, -0.2) is 53.5 Å². The fraction of sp³-hybridized carbons (Fsp3) is 0.290. The Morgan fingerprint density at radius 2 is 1.74 bits per heavy atom. The molecular formula is C31H33N3O5. The standard InChI is InChI=1S/C31H33N3O5/c1-6-39-22-10-8-21(9-11-22)29-26-27(23-16-18(2)15-19(3)30(23)35)32-33-28(26)31(36)34(29)14-13-20-7-12-24(37-4)25(17-20)38-5/h7-12,15-17,29,35H,6,13-14H2,1-5H3,(H,32,33)/t29-/m0/s1. The van der Waals surface area contributed by atoms with Gasteiger partial charge < -0.3 is 24.2 Å². The Bertz CT molecular complexity index is 1510. The summed E-state index contributed by atoms with van der Waals surface area (Å²) in [5.74, 6) is 2.10. The van der Waals surface area contributed by atoms with E-state index in [0.29, 0.717) is 48.0 Å². The number of methoxy groups -OCH3 is 2. The van der Waals surface area contributed by atoms with Crippen molar-refractivity contribution in [2.24, 2.45) is 0 Å². The first-order valence-corrected chi connectivity index (χ1v) is 13.0. The second kappa shape index (κ2) is 10.7. The molecule has 2 N–H and O–H groups in total. The molecule has 1 aliphatic rings. The number of carbonyl (C=O) groups is 1. The Morgan fingerprint density at radius 3 is 2.44 bits per heavy atom. The Morgan fingerprint density at radius 1 is 1.00 bits per heavy atom. The summed E-state index contributed by atoms with van der Waals surface area (Å²) in [5, 5.41) is 18.5. The van der Waals surface area contributed by atoms with Crippen molar-refractivity contribution in [3.05, 3.63) is 88.1 Å². The molecule has 0 unspecified atom stereocenters. The fourth-order valence-electron chi connectivity index (χ4n) is 5.32. The van der Waals surface area contributed by atoms with Crippen molar-refractivity contribution in [3.63, 3.8) is 0 Å². The number of aromatic amines is 1. The zero-order valence-corrected chi connectivity index (χ0v) is 22.9. The number of fused-ring (bicyclic) bond motifs is 1. The molecule has 0 saturated carbocycles. The minimum absolute atomic E-state index is 0.132. The van der Waals surface area contributed by atoms with E-state index in [1.54, 1.807) is 14.2 Å². The zero-order valence-electron chi connectivity index (χ0n) is 22.9. The minimum Gasteiger partial charge on any atom is -0.507 e. The Labute approximate surface area is 228 Å². The van der Waals surface area contributed by atoms with Gasteiger partial charge in [0, 0.05) is 17.7 Å². The molecule has 0 radical (unpaired) electrons. The third kappa shape index (κ3) is 4.78. The number of phenolic OH excluding ortho intramolecular Hbond substituents is 1. The number of aryl methyl sites for hydroxylation is 2. The van der Waals surface area contributed by atoms with Crippen LogP contribution in [0.1, 0.15) is 51.3 Å². The first-order valence-electron chi connectivity index (χ1n) is 13.0. The van der Waals surface area contributed by atoms with Gasteiger partial charge in [-0.2, -0.15) is 5.10 Å². The second-order valence-electron chi connectivity index (χ2n) is 9.68. The predicted molar refractivity (Wildman–Crippen MR) is 149 cm³/mol. The summed E-state index contributed by atoms with van der Waals surface area (Å²) in [7, 11) is 3.21. The van der Waals surface area contributed by atoms with Crippen LogP contribution in [0.25, 0.3) is 11.3 Å². The van der Waals surface area contributed by atoms with E-state index in [-0.39, 0.29) is 11.7 Å². The van der Waals surface area contributed by atoms with Crippen molar-refractivity contribution in [1.82, 2.24) is 15.1 Å². The van der Waals surface area contributed by atoms with Crippen LogP contribution in [0.4, 0.5) is 0 Å². The van der Waals surface area contributed by atoms with E-state index >= 15 is 0 Å². The lowest BCUT2D eigenvalue weighted by molar-refractivity contribution is 0.0746. The van der Waals surface area contributed by atoms with E-state index in [4.69, 9.17) is 14.2 Å². The van der Waals surface area contributed by atoms with E-state index < -0.39 is 6.04 Å². The third-order valence-corrected chi connectivity index (χ3v) is 7.16. The maximum Gasteiger partial charge on any atom is 0.273 e. The lowest BCUT2D eigenvalue weighted by atomic mass is 9.94. The van der Waals surface area contributed by atoms with Crippen LogP contribution in [0.5, 0.6) is 23.0 Å². The molecule has 1 aliphatic heterocycles. The number of rotatable bonds is 9. The second-order valence-corrected chi connectivity index (χ2v) is 9.68. The summed E-state index contributed by atoms with van der Waals surface area (Å²) in [6.45, 7) is 6.82. The minimum atomic E-state index is -0.391. The lowest BCUT2D eigenvalue weighted by Crippen LogP contribution is -2.31. The highest BCUT2D eigenvalue weighted by Gasteiger charge is 2.42. The van der Waals surface area contributed by atoms with Crippen molar-refractivity contribution in [3.8, 4) is 34.3 Å². The Hall–Kier alpha value is -4.46. The largest absolute Gasteiger partial charge is 0.507 e. The number of aromatic hydroxyl groups is 1. The van der Waals surface area contributed by atoms with Crippen molar-refractivity contribution in [2.75, 3.05) is 27.4 Å². The molecule has 0 saturated heterocycles. The van der Waals surface area contributed by atoms with Crippen LogP contribution in [0.2, 0.25) is 0 Å². The average Bonchev–Trinajstić information content (AvgIpc) is 3.48. The van der Waals surface area contributed by atoms with Gasteiger partial charge in [-0.3, -0.25) is 9.89 Å². The SMILES string of the molecule is CCOc1ccc([C@H]2c3c(-c4cc(C)cc(C)c4O)n[nH]c3C(=O)N2CCc2ccc(OC)c(OC)c2)cc1. The van der Waals surface area contributed by atoms with Crippen molar-refractivity contribution in [2.45, 2.75) is 33.2 Å². The normalized spacial score (nSPS) is 14.4. The molecule has 1 aromatic heterocycles. The number of ether oxygens (including phenoxy) is 3. The van der Waals surface area contributed by atoms with Gasteiger partial charge in [0.2, 0.25) is 0 Å². The van der Waals surface area contributed by atoms with Crippen LogP contribution >= 0.6 is 0 Å². The maximum absolute atomic E-state index is 13.8. The summed E-state index contributed by atoms with van der Waals surface area (Å²) in [5.41, 5.74) is 6.10. The van der Waals surface area contributed by atoms with Gasteiger partial charge in [0.05, 0.1) is 26.9 Å². The molecule has 4 aromatic rings. The number of nitrogens with zero attached hydrogens (tertiary/aromatic N) is 2. The van der Waals surface area contributed by atoms with Crippen LogP contribution in [0.3, 0.4) is 0 Å². The number of aromatic nitrogens is 2. The molecule has 1 atom stereocenters. The lowest BCUT2D eigenvalue weighted by Gasteiger charge is -2.27. The van der Waals surface area contributed by atoms with Crippen molar-refractivity contribution >= 4 is 5.91 Å². The molecule has 5 rings (SSSR count). The average molecular weight is 528 g/mol. The van der Waals surface area contributed by atoms with Gasteiger partial charge in [-0.15, -0.1) is 0 Å². The molecule has 0 aliphatic carbocycles. The van der Waals surface area contributed by atoms with Crippen LogP contribution in [0, 0.1) is 13.8 Å². The van der Waals surface area contributed by atoms with Crippen molar-refractivity contribution < 1.29 is 24.1 Å². The highest BCUT2D eigenvalue weighted by atomic mass is 16.5. The van der Waals surface area contributed by atoms with Gasteiger partial charge in [0.25, 0.3) is 5.91 Å². The van der Waals surface area contributed by atoms with Crippen LogP contribution < -0.4 is 14.2 Å². The van der Waals surface area contributed by atoms with E-state index in [1.807, 2.05) is 80.3 Å². The summed E-state index contributed by atoms with van der Waals surface area (Å²) in [4.78, 5) is 15.6. The summed E-state index contributed by atoms with van der Waals surface area (Å²) in [6.07, 6.45) is 0.613. The van der Waals surface area contributed by atoms with E-state index in [0.717, 1.165) is 33.6 Å². The molecule has 39 heavy (non-hydrogen) atoms. The van der Waals surface area contributed by atoms with E-state index in [2.05, 4.69) is 10.2 Å². The number of amides is 1. The molecule has 0 fully saturated rings. The zero-order chi connectivity index (χ0) is 27.7. The monoisotopic (exact) mass is 527 g/mol. The third-order valence-electron chi connectivity index (χ3n) is 7.16. The van der Waals surface area contributed by atoms with Gasteiger partial charge in [0.1, 0.15) is 22.9 Å². The van der Waals surface area contributed by atoms with E-state index in [9.17, 15) is 9.90 Å². The first kappa shape index (κ1) is 26.2. The predicted octanol–water partition coefficient (Wildman–Crippen LogP) is 5.60. The summed E-state index contributed by atoms with van der Waals surface area (Å²) in [6, 6.07) is 17.0. The summed E-state index contributed by atoms with van der Waals surface area (Å²) < 4.78 is 16.5. The molecule has 8 nitrogen and oxygen atoms in total. The van der Waals surface area contributed by atoms with Crippen molar-refractivity contribution in [1.29, 1.82) is 0 Å². The molecule has 202 valence electrons. The fourth-order valence-corrected chi connectivity index (χ4v) is 5.32. The molecule has 0 bridgehead atoms. The van der Waals surface area contributed by atoms with E-state index in [1.165, 1.54) is 0 Å². The topological polar surface area (TPSA) is 96.9 Å². The smallest absolute Gasteiger partial charge is 0.273 e. The van der Waals surface area contributed by atoms with Gasteiger partial charge in [0.15, 0.2) is 11.5 Å². The first-order chi connectivity index (χ1) is 18.9. The van der Waals surface area contributed by atoms with Crippen LogP contribution in [-0.2, 0) is 6.42 Å². The number of hydrogen-bond acceptors (Lipinski definition) is 6. The number of H-pyrrole nitrogens is 1. The molecule has 3 aromatic carbocycles. The molecule has 8 heteroatoms. The molecular weight excluding hydrogens is 494 g/mol.